The van der Waals surface area contributed by atoms with Gasteiger partial charge in [0.25, 0.3) is 5.91 Å². The molecule has 47 heavy (non-hydrogen) atoms. The molecule has 12 heteroatoms. The number of carbonyl (C=O) groups is 2. The number of allylic oxidation sites excluding steroid dienone is 3. The first kappa shape index (κ1) is 35.9. The second-order valence-electron chi connectivity index (χ2n) is 12.0. The van der Waals surface area contributed by atoms with Crippen LogP contribution in [-0.4, -0.2) is 30.1 Å². The molecule has 1 aliphatic heterocycles. The van der Waals surface area contributed by atoms with Crippen LogP contribution in [0, 0.1) is 11.3 Å². The van der Waals surface area contributed by atoms with Crippen molar-refractivity contribution in [2.75, 3.05) is 18.0 Å². The van der Waals surface area contributed by atoms with E-state index in [1.54, 1.807) is 24.5 Å². The monoisotopic (exact) mass is 678 g/mol. The van der Waals surface area contributed by atoms with Crippen LogP contribution in [0.4, 0.5) is 32.0 Å². The molecule has 0 radical (unpaired) electrons. The molecule has 252 valence electrons. The van der Waals surface area contributed by atoms with E-state index in [-0.39, 0.29) is 30.5 Å². The molecule has 2 aromatic rings. The highest BCUT2D eigenvalue weighted by Gasteiger charge is 2.38. The number of anilines is 1. The van der Waals surface area contributed by atoms with Gasteiger partial charge in [-0.3, -0.25) is 9.59 Å². The van der Waals surface area contributed by atoms with Crippen molar-refractivity contribution in [2.45, 2.75) is 58.8 Å². The van der Waals surface area contributed by atoms with Crippen LogP contribution in [-0.2, 0) is 28.4 Å². The minimum atomic E-state index is -4.94. The van der Waals surface area contributed by atoms with Crippen LogP contribution in [0.1, 0.15) is 62.3 Å². The van der Waals surface area contributed by atoms with Crippen LogP contribution >= 0.6 is 11.8 Å². The van der Waals surface area contributed by atoms with Gasteiger partial charge in [-0.2, -0.15) is 26.3 Å². The molecule has 2 N–H and O–H groups in total. The molecule has 2 aromatic carbocycles. The number of nitrogens with zero attached hydrogens (tertiary/aromatic N) is 1. The molecule has 1 amide bonds. The van der Waals surface area contributed by atoms with E-state index in [1.165, 1.54) is 11.8 Å². The zero-order valence-electron chi connectivity index (χ0n) is 26.1. The van der Waals surface area contributed by atoms with E-state index < -0.39 is 40.8 Å². The molecule has 1 aliphatic carbocycles. The van der Waals surface area contributed by atoms with Crippen molar-refractivity contribution in [3.05, 3.63) is 105 Å². The lowest BCUT2D eigenvalue weighted by atomic mass is 9.81. The first-order chi connectivity index (χ1) is 22.0. The number of carboxylic acids is 1. The smallest absolute Gasteiger partial charge is 0.416 e. The fourth-order valence-corrected chi connectivity index (χ4v) is 6.59. The fourth-order valence-electron chi connectivity index (χ4n) is 5.41. The van der Waals surface area contributed by atoms with Crippen LogP contribution in [0.2, 0.25) is 0 Å². The van der Waals surface area contributed by atoms with E-state index >= 15 is 0 Å². The third-order valence-corrected chi connectivity index (χ3v) is 8.99. The highest BCUT2D eigenvalue weighted by Crippen LogP contribution is 2.44. The first-order valence-electron chi connectivity index (χ1n) is 15.1. The Balaban J connectivity index is 1.62. The van der Waals surface area contributed by atoms with E-state index in [2.05, 4.69) is 17.1 Å². The number of hydrogen-bond donors (Lipinski definition) is 2. The summed E-state index contributed by atoms with van der Waals surface area (Å²) in [6.07, 6.45) is -0.426. The molecular formula is C35H36F6N2O3S. The summed E-state index contributed by atoms with van der Waals surface area (Å²) in [5.74, 6) is -1.89. The number of benzene rings is 2. The third-order valence-electron chi connectivity index (χ3n) is 8.02. The van der Waals surface area contributed by atoms with E-state index in [9.17, 15) is 35.9 Å². The number of amides is 1. The minimum Gasteiger partial charge on any atom is -0.481 e. The average molecular weight is 679 g/mol. The molecule has 4 rings (SSSR count). The average Bonchev–Trinajstić information content (AvgIpc) is 2.99. The summed E-state index contributed by atoms with van der Waals surface area (Å²) in [4.78, 5) is 25.4. The molecule has 0 saturated carbocycles. The number of hydrogen-bond acceptors (Lipinski definition) is 4. The zero-order chi connectivity index (χ0) is 34.6. The lowest BCUT2D eigenvalue weighted by molar-refractivity contribution is -0.143. The molecule has 2 atom stereocenters. The maximum absolute atomic E-state index is 13.6. The summed E-state index contributed by atoms with van der Waals surface area (Å²) >= 11 is 1.23. The SMILES string of the molecule is CCCc1ccc(N(CC2(C)C=CC(C(=O)NCCC(=O)O)=CC2)C2=CC(C)C(c3cc(C(F)(F)F)cc(C(F)(F)F)c3)=CS2)cc1. The molecule has 5 nitrogen and oxygen atoms in total. The van der Waals surface area contributed by atoms with Crippen molar-refractivity contribution in [2.24, 2.45) is 11.3 Å². The van der Waals surface area contributed by atoms with Crippen molar-refractivity contribution in [3.8, 4) is 0 Å². The number of alkyl halides is 6. The van der Waals surface area contributed by atoms with Crippen LogP contribution in [0.25, 0.3) is 5.57 Å². The van der Waals surface area contributed by atoms with Crippen LogP contribution < -0.4 is 10.2 Å². The van der Waals surface area contributed by atoms with Crippen LogP contribution in [0.5, 0.6) is 0 Å². The van der Waals surface area contributed by atoms with Crippen LogP contribution in [0.15, 0.2) is 82.8 Å². The molecule has 0 spiro atoms. The summed E-state index contributed by atoms with van der Waals surface area (Å²) < 4.78 is 81.5. The topological polar surface area (TPSA) is 69.6 Å². The summed E-state index contributed by atoms with van der Waals surface area (Å²) in [5.41, 5.74) is -0.514. The summed E-state index contributed by atoms with van der Waals surface area (Å²) in [6, 6.07) is 9.70. The maximum atomic E-state index is 13.6. The van der Waals surface area contributed by atoms with Crippen molar-refractivity contribution >= 4 is 34.9 Å². The normalized spacial score (nSPS) is 19.9. The molecule has 0 saturated heterocycles. The number of thioether (sulfide) groups is 1. The molecule has 0 aromatic heterocycles. The van der Waals surface area contributed by atoms with Gasteiger partial charge >= 0.3 is 18.3 Å². The molecule has 1 heterocycles. The molecular weight excluding hydrogens is 642 g/mol. The number of aryl methyl sites for hydroxylation is 1. The van der Waals surface area contributed by atoms with E-state index in [0.29, 0.717) is 24.1 Å². The zero-order valence-corrected chi connectivity index (χ0v) is 27.0. The lowest BCUT2D eigenvalue weighted by Crippen LogP contribution is -2.36. The van der Waals surface area contributed by atoms with E-state index in [0.717, 1.165) is 41.3 Å². The summed E-state index contributed by atoms with van der Waals surface area (Å²) in [5, 5.41) is 13.8. The van der Waals surface area contributed by atoms with Gasteiger partial charge in [-0.15, -0.1) is 0 Å². The largest absolute Gasteiger partial charge is 0.481 e. The Kier molecular flexibility index (Phi) is 11.0. The van der Waals surface area contributed by atoms with Gasteiger partial charge < -0.3 is 15.3 Å². The molecule has 0 bridgehead atoms. The van der Waals surface area contributed by atoms with Gasteiger partial charge in [-0.05, 0) is 71.4 Å². The van der Waals surface area contributed by atoms with E-state index in [4.69, 9.17) is 5.11 Å². The second-order valence-corrected chi connectivity index (χ2v) is 12.9. The van der Waals surface area contributed by atoms with Crippen molar-refractivity contribution in [1.82, 2.24) is 5.32 Å². The number of halogens is 6. The van der Waals surface area contributed by atoms with Gasteiger partial charge in [-0.1, -0.05) is 69.3 Å². The van der Waals surface area contributed by atoms with Gasteiger partial charge in [0.05, 0.1) is 22.6 Å². The van der Waals surface area contributed by atoms with E-state index in [1.807, 2.05) is 43.3 Å². The van der Waals surface area contributed by atoms with Gasteiger partial charge in [0.2, 0.25) is 0 Å². The second kappa shape index (κ2) is 14.5. The quantitative estimate of drug-likeness (QED) is 0.232. The summed E-state index contributed by atoms with van der Waals surface area (Å²) in [6.45, 7) is 6.31. The standard InChI is InChI=1S/C35H36F6N2O3S/c1-4-5-23-6-8-28(9-7-23)43(21-33(3)13-10-24(11-14-33)32(46)42-15-12-31(44)45)30-16-22(2)29(20-47-30)25-17-26(34(36,37)38)19-27(18-25)35(39,40)41/h6-11,13,16-20,22H,4-5,12,14-15,21H2,1-3H3,(H,42,46)(H,44,45). The Morgan fingerprint density at radius 3 is 2.19 bits per heavy atom. The summed E-state index contributed by atoms with van der Waals surface area (Å²) in [7, 11) is 0. The molecule has 2 unspecified atom stereocenters. The highest BCUT2D eigenvalue weighted by atomic mass is 32.2. The third kappa shape index (κ3) is 9.33. The predicted octanol–water partition coefficient (Wildman–Crippen LogP) is 9.23. The number of rotatable bonds is 11. The van der Waals surface area contributed by atoms with Crippen molar-refractivity contribution in [1.29, 1.82) is 0 Å². The van der Waals surface area contributed by atoms with Crippen molar-refractivity contribution < 1.29 is 41.0 Å². The Hall–Kier alpha value is -3.93. The van der Waals surface area contributed by atoms with Gasteiger partial charge in [0.15, 0.2) is 0 Å². The Morgan fingerprint density at radius 2 is 1.68 bits per heavy atom. The highest BCUT2D eigenvalue weighted by molar-refractivity contribution is 8.06. The van der Waals surface area contributed by atoms with Gasteiger partial charge in [0, 0.05) is 35.7 Å². The van der Waals surface area contributed by atoms with Crippen molar-refractivity contribution in [3.63, 3.8) is 0 Å². The molecule has 2 aliphatic rings. The fraction of sp³-hybridized carbons (Fsp3) is 0.371. The number of aliphatic carboxylic acids is 1. The van der Waals surface area contributed by atoms with Gasteiger partial charge in [0.1, 0.15) is 0 Å². The Labute approximate surface area is 274 Å². The Bertz CT molecular complexity index is 1580. The molecule has 0 fully saturated rings. The minimum absolute atomic E-state index is 0.00943. The number of carbonyl (C=O) groups excluding carboxylic acids is 1. The first-order valence-corrected chi connectivity index (χ1v) is 16.0. The number of carboxylic acid groups (broad SMARTS) is 1. The van der Waals surface area contributed by atoms with Gasteiger partial charge in [-0.25, -0.2) is 0 Å². The number of nitrogens with one attached hydrogen (secondary N) is 1. The maximum Gasteiger partial charge on any atom is 0.416 e. The predicted molar refractivity (Wildman–Crippen MR) is 172 cm³/mol. The lowest BCUT2D eigenvalue weighted by Gasteiger charge is -2.38. The Morgan fingerprint density at radius 1 is 1.04 bits per heavy atom. The van der Waals surface area contributed by atoms with Crippen LogP contribution in [0.3, 0.4) is 0 Å².